The normalized spacial score (nSPS) is 16.8. The standard InChI is InChI=1S/C9H13N3/c10-12(9-4-5-9)7-8-3-1-2-6-11-8/h1-3,6,9H,4-5,7,10H2. The van der Waals surface area contributed by atoms with E-state index in [-0.39, 0.29) is 0 Å². The van der Waals surface area contributed by atoms with E-state index in [0.29, 0.717) is 6.04 Å². The molecule has 1 aliphatic rings. The number of hydrazine groups is 1. The Morgan fingerprint density at radius 1 is 1.50 bits per heavy atom. The molecule has 0 aromatic carbocycles. The molecule has 2 rings (SSSR count). The minimum atomic E-state index is 0.604. The van der Waals surface area contributed by atoms with Crippen LogP contribution in [0, 0.1) is 0 Å². The smallest absolute Gasteiger partial charge is 0.0558 e. The molecular weight excluding hydrogens is 150 g/mol. The first kappa shape index (κ1) is 7.71. The lowest BCUT2D eigenvalue weighted by atomic mass is 10.3. The summed E-state index contributed by atoms with van der Waals surface area (Å²) in [6, 6.07) is 6.51. The quantitative estimate of drug-likeness (QED) is 0.532. The molecule has 0 amide bonds. The highest BCUT2D eigenvalue weighted by atomic mass is 15.4. The van der Waals surface area contributed by atoms with Crippen LogP contribution in [-0.2, 0) is 6.54 Å². The van der Waals surface area contributed by atoms with Crippen molar-refractivity contribution in [2.45, 2.75) is 25.4 Å². The molecule has 0 saturated heterocycles. The predicted octanol–water partition coefficient (Wildman–Crippen LogP) is 0.920. The van der Waals surface area contributed by atoms with Gasteiger partial charge in [-0.3, -0.25) is 10.8 Å². The second-order valence-corrected chi connectivity index (χ2v) is 3.22. The SMILES string of the molecule is NN(Cc1ccccn1)C1CC1. The van der Waals surface area contributed by atoms with Crippen LogP contribution in [0.25, 0.3) is 0 Å². The number of hydrogen-bond acceptors (Lipinski definition) is 3. The lowest BCUT2D eigenvalue weighted by Gasteiger charge is -2.13. The minimum Gasteiger partial charge on any atom is -0.268 e. The Kier molecular flexibility index (Phi) is 2.06. The molecule has 1 aromatic heterocycles. The third kappa shape index (κ3) is 1.81. The molecule has 3 heteroatoms. The highest BCUT2D eigenvalue weighted by molar-refractivity contribution is 5.03. The molecular formula is C9H13N3. The van der Waals surface area contributed by atoms with E-state index in [1.54, 1.807) is 6.20 Å². The van der Waals surface area contributed by atoms with Gasteiger partial charge in [-0.1, -0.05) is 6.07 Å². The molecule has 12 heavy (non-hydrogen) atoms. The summed E-state index contributed by atoms with van der Waals surface area (Å²) >= 11 is 0. The monoisotopic (exact) mass is 163 g/mol. The number of hydrogen-bond donors (Lipinski definition) is 1. The van der Waals surface area contributed by atoms with E-state index in [1.165, 1.54) is 12.8 Å². The van der Waals surface area contributed by atoms with Crippen molar-refractivity contribution in [3.05, 3.63) is 30.1 Å². The first-order valence-corrected chi connectivity index (χ1v) is 4.27. The summed E-state index contributed by atoms with van der Waals surface area (Å²) in [5.74, 6) is 5.80. The van der Waals surface area contributed by atoms with Gasteiger partial charge in [0, 0.05) is 12.2 Å². The molecule has 3 nitrogen and oxygen atoms in total. The topological polar surface area (TPSA) is 42.1 Å². The van der Waals surface area contributed by atoms with Gasteiger partial charge in [0.15, 0.2) is 0 Å². The van der Waals surface area contributed by atoms with Crippen LogP contribution in [0.1, 0.15) is 18.5 Å². The lowest BCUT2D eigenvalue weighted by molar-refractivity contribution is 0.260. The van der Waals surface area contributed by atoms with E-state index >= 15 is 0 Å². The van der Waals surface area contributed by atoms with Crippen LogP contribution in [0.4, 0.5) is 0 Å². The molecule has 1 aromatic rings. The van der Waals surface area contributed by atoms with Gasteiger partial charge < -0.3 is 0 Å². The highest BCUT2D eigenvalue weighted by Crippen LogP contribution is 2.24. The van der Waals surface area contributed by atoms with E-state index in [2.05, 4.69) is 4.98 Å². The second kappa shape index (κ2) is 3.21. The van der Waals surface area contributed by atoms with Crippen molar-refractivity contribution in [2.24, 2.45) is 5.84 Å². The largest absolute Gasteiger partial charge is 0.268 e. The van der Waals surface area contributed by atoms with Crippen LogP contribution in [0.3, 0.4) is 0 Å². The van der Waals surface area contributed by atoms with Crippen LogP contribution in [0.5, 0.6) is 0 Å². The summed E-state index contributed by atoms with van der Waals surface area (Å²) in [5, 5.41) is 1.88. The molecule has 0 aliphatic heterocycles. The van der Waals surface area contributed by atoms with E-state index in [9.17, 15) is 0 Å². The number of rotatable bonds is 3. The van der Waals surface area contributed by atoms with Gasteiger partial charge in [0.25, 0.3) is 0 Å². The average molecular weight is 163 g/mol. The first-order valence-electron chi connectivity index (χ1n) is 4.27. The van der Waals surface area contributed by atoms with E-state index < -0.39 is 0 Å². The van der Waals surface area contributed by atoms with Crippen LogP contribution >= 0.6 is 0 Å². The molecule has 0 atom stereocenters. The molecule has 0 bridgehead atoms. The van der Waals surface area contributed by atoms with Crippen LogP contribution < -0.4 is 5.84 Å². The van der Waals surface area contributed by atoms with E-state index in [1.807, 2.05) is 23.2 Å². The maximum atomic E-state index is 5.80. The zero-order valence-electron chi connectivity index (χ0n) is 6.98. The van der Waals surface area contributed by atoms with Crippen molar-refractivity contribution < 1.29 is 0 Å². The Morgan fingerprint density at radius 3 is 2.92 bits per heavy atom. The molecule has 64 valence electrons. The lowest BCUT2D eigenvalue weighted by Crippen LogP contribution is -2.32. The van der Waals surface area contributed by atoms with Crippen molar-refractivity contribution >= 4 is 0 Å². The fraction of sp³-hybridized carbons (Fsp3) is 0.444. The van der Waals surface area contributed by atoms with E-state index in [0.717, 1.165) is 12.2 Å². The minimum absolute atomic E-state index is 0.604. The number of nitrogens with two attached hydrogens (primary N) is 1. The molecule has 0 unspecified atom stereocenters. The first-order chi connectivity index (χ1) is 5.86. The van der Waals surface area contributed by atoms with Crippen molar-refractivity contribution in [2.75, 3.05) is 0 Å². The van der Waals surface area contributed by atoms with Crippen LogP contribution in [0.2, 0.25) is 0 Å². The van der Waals surface area contributed by atoms with Crippen molar-refractivity contribution in [3.8, 4) is 0 Å². The maximum absolute atomic E-state index is 5.80. The third-order valence-electron chi connectivity index (χ3n) is 2.09. The number of nitrogens with zero attached hydrogens (tertiary/aromatic N) is 2. The van der Waals surface area contributed by atoms with E-state index in [4.69, 9.17) is 5.84 Å². The second-order valence-electron chi connectivity index (χ2n) is 3.22. The van der Waals surface area contributed by atoms with Crippen molar-refractivity contribution in [1.29, 1.82) is 0 Å². The van der Waals surface area contributed by atoms with Gasteiger partial charge in [-0.15, -0.1) is 0 Å². The Hall–Kier alpha value is -0.930. The molecule has 0 spiro atoms. The van der Waals surface area contributed by atoms with Gasteiger partial charge in [-0.25, -0.2) is 5.01 Å². The molecule has 1 aliphatic carbocycles. The predicted molar refractivity (Wildman–Crippen MR) is 47.0 cm³/mol. The Morgan fingerprint density at radius 2 is 2.33 bits per heavy atom. The summed E-state index contributed by atoms with van der Waals surface area (Å²) in [5.41, 5.74) is 1.05. The molecule has 0 radical (unpaired) electrons. The Labute approximate surface area is 72.2 Å². The average Bonchev–Trinajstić information content (AvgIpc) is 2.88. The fourth-order valence-corrected chi connectivity index (χ4v) is 1.21. The Balaban J connectivity index is 1.94. The summed E-state index contributed by atoms with van der Waals surface area (Å²) in [4.78, 5) is 4.21. The molecule has 1 heterocycles. The fourth-order valence-electron chi connectivity index (χ4n) is 1.21. The molecule has 2 N–H and O–H groups in total. The zero-order chi connectivity index (χ0) is 8.39. The van der Waals surface area contributed by atoms with Gasteiger partial charge in [0.05, 0.1) is 12.2 Å². The summed E-state index contributed by atoms with van der Waals surface area (Å²) < 4.78 is 0. The third-order valence-corrected chi connectivity index (χ3v) is 2.09. The number of pyridine rings is 1. The van der Waals surface area contributed by atoms with Gasteiger partial charge >= 0.3 is 0 Å². The molecule has 1 fully saturated rings. The van der Waals surface area contributed by atoms with Crippen molar-refractivity contribution in [3.63, 3.8) is 0 Å². The maximum Gasteiger partial charge on any atom is 0.0558 e. The van der Waals surface area contributed by atoms with Gasteiger partial charge in [0.1, 0.15) is 0 Å². The molecule has 1 saturated carbocycles. The van der Waals surface area contributed by atoms with Crippen LogP contribution in [-0.4, -0.2) is 16.0 Å². The Bertz CT molecular complexity index is 243. The summed E-state index contributed by atoms with van der Waals surface area (Å²) in [6.07, 6.45) is 4.28. The van der Waals surface area contributed by atoms with Gasteiger partial charge in [-0.2, -0.15) is 0 Å². The summed E-state index contributed by atoms with van der Waals surface area (Å²) in [7, 11) is 0. The van der Waals surface area contributed by atoms with Gasteiger partial charge in [0.2, 0.25) is 0 Å². The summed E-state index contributed by atoms with van der Waals surface area (Å²) in [6.45, 7) is 0.769. The highest BCUT2D eigenvalue weighted by Gasteiger charge is 2.26. The van der Waals surface area contributed by atoms with Crippen LogP contribution in [0.15, 0.2) is 24.4 Å². The van der Waals surface area contributed by atoms with Crippen molar-refractivity contribution in [1.82, 2.24) is 9.99 Å². The van der Waals surface area contributed by atoms with Gasteiger partial charge in [-0.05, 0) is 25.0 Å². The number of aromatic nitrogens is 1. The zero-order valence-corrected chi connectivity index (χ0v) is 6.98.